The van der Waals surface area contributed by atoms with E-state index in [4.69, 9.17) is 0 Å². The Kier molecular flexibility index (Phi) is 4.85. The van der Waals surface area contributed by atoms with E-state index in [0.29, 0.717) is 6.04 Å². The molecule has 0 aromatic heterocycles. The molecule has 2 N–H and O–H groups in total. The van der Waals surface area contributed by atoms with Crippen molar-refractivity contribution < 1.29 is 5.11 Å². The summed E-state index contributed by atoms with van der Waals surface area (Å²) in [4.78, 5) is 2.39. The van der Waals surface area contributed by atoms with Crippen LogP contribution in [0.3, 0.4) is 0 Å². The molecule has 1 aliphatic rings. The molecular weight excluding hydrogens is 176 g/mol. The smallest absolute Gasteiger partial charge is 0.0524 e. The van der Waals surface area contributed by atoms with Gasteiger partial charge < -0.3 is 15.3 Å². The Morgan fingerprint density at radius 2 is 2.21 bits per heavy atom. The SMILES string of the molecule is CCC1CNCC1N(C)CCC(C)O. The number of hydrogen-bond acceptors (Lipinski definition) is 3. The van der Waals surface area contributed by atoms with Crippen molar-refractivity contribution >= 4 is 0 Å². The predicted octanol–water partition coefficient (Wildman–Crippen LogP) is 0.687. The summed E-state index contributed by atoms with van der Waals surface area (Å²) >= 11 is 0. The third kappa shape index (κ3) is 3.23. The molecule has 14 heavy (non-hydrogen) atoms. The molecule has 3 nitrogen and oxygen atoms in total. The normalized spacial score (nSPS) is 29.8. The molecule has 1 fully saturated rings. The quantitative estimate of drug-likeness (QED) is 0.685. The third-order valence-electron chi connectivity index (χ3n) is 3.29. The van der Waals surface area contributed by atoms with Gasteiger partial charge in [0, 0.05) is 19.1 Å². The van der Waals surface area contributed by atoms with Gasteiger partial charge in [0.25, 0.3) is 0 Å². The van der Waals surface area contributed by atoms with E-state index in [1.165, 1.54) is 6.42 Å². The van der Waals surface area contributed by atoms with Crippen molar-refractivity contribution in [2.45, 2.75) is 38.8 Å². The Morgan fingerprint density at radius 3 is 2.79 bits per heavy atom. The van der Waals surface area contributed by atoms with Crippen molar-refractivity contribution in [1.29, 1.82) is 0 Å². The van der Waals surface area contributed by atoms with Crippen molar-refractivity contribution in [3.63, 3.8) is 0 Å². The summed E-state index contributed by atoms with van der Waals surface area (Å²) < 4.78 is 0. The highest BCUT2D eigenvalue weighted by molar-refractivity contribution is 4.86. The molecule has 3 atom stereocenters. The van der Waals surface area contributed by atoms with Gasteiger partial charge >= 0.3 is 0 Å². The molecule has 1 heterocycles. The molecular formula is C11H24N2O. The van der Waals surface area contributed by atoms with Gasteiger partial charge in [0.2, 0.25) is 0 Å². The van der Waals surface area contributed by atoms with Gasteiger partial charge in [-0.1, -0.05) is 13.3 Å². The first-order chi connectivity index (χ1) is 6.65. The largest absolute Gasteiger partial charge is 0.393 e. The fraction of sp³-hybridized carbons (Fsp3) is 1.00. The van der Waals surface area contributed by atoms with Gasteiger partial charge in [0.15, 0.2) is 0 Å². The lowest BCUT2D eigenvalue weighted by Crippen LogP contribution is -2.39. The minimum absolute atomic E-state index is 0.174. The minimum atomic E-state index is -0.174. The zero-order valence-electron chi connectivity index (χ0n) is 9.66. The monoisotopic (exact) mass is 200 g/mol. The van der Waals surface area contributed by atoms with Crippen LogP contribution in [0.4, 0.5) is 0 Å². The molecule has 0 spiro atoms. The lowest BCUT2D eigenvalue weighted by molar-refractivity contribution is 0.141. The van der Waals surface area contributed by atoms with Crippen LogP contribution in [0.25, 0.3) is 0 Å². The molecule has 0 aromatic carbocycles. The van der Waals surface area contributed by atoms with Crippen LogP contribution in [0.5, 0.6) is 0 Å². The predicted molar refractivity (Wildman–Crippen MR) is 59.4 cm³/mol. The summed E-state index contributed by atoms with van der Waals surface area (Å²) in [6.07, 6.45) is 1.95. The molecule has 3 unspecified atom stereocenters. The summed E-state index contributed by atoms with van der Waals surface area (Å²) in [5.74, 6) is 0.786. The summed E-state index contributed by atoms with van der Waals surface area (Å²) in [6.45, 7) is 7.38. The molecule has 0 aliphatic carbocycles. The highest BCUT2D eigenvalue weighted by Gasteiger charge is 2.28. The summed E-state index contributed by atoms with van der Waals surface area (Å²) in [5, 5.41) is 12.7. The van der Waals surface area contributed by atoms with Gasteiger partial charge in [-0.25, -0.2) is 0 Å². The topological polar surface area (TPSA) is 35.5 Å². The van der Waals surface area contributed by atoms with E-state index in [-0.39, 0.29) is 6.10 Å². The zero-order valence-corrected chi connectivity index (χ0v) is 9.66. The summed E-state index contributed by atoms with van der Waals surface area (Å²) in [7, 11) is 2.17. The number of nitrogens with one attached hydrogen (secondary N) is 1. The van der Waals surface area contributed by atoms with Gasteiger partial charge in [-0.05, 0) is 32.9 Å². The Bertz CT molecular complexity index is 161. The number of aliphatic hydroxyl groups is 1. The number of hydrogen-bond donors (Lipinski definition) is 2. The average Bonchev–Trinajstić information content (AvgIpc) is 2.61. The molecule has 3 heteroatoms. The Labute approximate surface area is 87.5 Å². The number of aliphatic hydroxyl groups excluding tert-OH is 1. The van der Waals surface area contributed by atoms with Gasteiger partial charge in [0.1, 0.15) is 0 Å². The van der Waals surface area contributed by atoms with Crippen molar-refractivity contribution in [3.05, 3.63) is 0 Å². The maximum absolute atomic E-state index is 9.22. The number of likely N-dealkylation sites (N-methyl/N-ethyl adjacent to an activating group) is 1. The molecule has 1 saturated heterocycles. The van der Waals surface area contributed by atoms with E-state index in [0.717, 1.165) is 32.0 Å². The fourth-order valence-electron chi connectivity index (χ4n) is 2.21. The van der Waals surface area contributed by atoms with Crippen LogP contribution in [0.15, 0.2) is 0 Å². The van der Waals surface area contributed by atoms with Crippen LogP contribution in [-0.4, -0.2) is 48.8 Å². The molecule has 0 amide bonds. The molecule has 1 aliphatic heterocycles. The Hall–Kier alpha value is -0.120. The first-order valence-corrected chi connectivity index (χ1v) is 5.74. The highest BCUT2D eigenvalue weighted by Crippen LogP contribution is 2.18. The van der Waals surface area contributed by atoms with E-state index in [1.54, 1.807) is 0 Å². The van der Waals surface area contributed by atoms with Crippen LogP contribution in [-0.2, 0) is 0 Å². The second-order valence-corrected chi connectivity index (χ2v) is 4.51. The first-order valence-electron chi connectivity index (χ1n) is 5.74. The fourth-order valence-corrected chi connectivity index (χ4v) is 2.21. The lowest BCUT2D eigenvalue weighted by Gasteiger charge is -2.28. The molecule has 0 aromatic rings. The molecule has 1 rings (SSSR count). The standard InChI is InChI=1S/C11H24N2O/c1-4-10-7-12-8-11(10)13(3)6-5-9(2)14/h9-12,14H,4-8H2,1-3H3. The third-order valence-corrected chi connectivity index (χ3v) is 3.29. The second-order valence-electron chi connectivity index (χ2n) is 4.51. The van der Waals surface area contributed by atoms with Crippen molar-refractivity contribution in [1.82, 2.24) is 10.2 Å². The van der Waals surface area contributed by atoms with Crippen LogP contribution in [0, 0.1) is 5.92 Å². The van der Waals surface area contributed by atoms with Gasteiger partial charge in [-0.2, -0.15) is 0 Å². The number of nitrogens with zero attached hydrogens (tertiary/aromatic N) is 1. The number of rotatable bonds is 5. The Balaban J connectivity index is 2.31. The van der Waals surface area contributed by atoms with Gasteiger partial charge in [0.05, 0.1) is 6.10 Å². The average molecular weight is 200 g/mol. The van der Waals surface area contributed by atoms with Gasteiger partial charge in [-0.3, -0.25) is 0 Å². The zero-order chi connectivity index (χ0) is 10.6. The van der Waals surface area contributed by atoms with Crippen molar-refractivity contribution in [3.8, 4) is 0 Å². The summed E-state index contributed by atoms with van der Waals surface area (Å²) in [6, 6.07) is 0.666. The van der Waals surface area contributed by atoms with E-state index in [1.807, 2.05) is 6.92 Å². The first kappa shape index (κ1) is 12.0. The van der Waals surface area contributed by atoms with E-state index >= 15 is 0 Å². The van der Waals surface area contributed by atoms with E-state index in [9.17, 15) is 5.11 Å². The maximum atomic E-state index is 9.22. The molecule has 0 radical (unpaired) electrons. The molecule has 84 valence electrons. The minimum Gasteiger partial charge on any atom is -0.393 e. The Morgan fingerprint density at radius 1 is 1.50 bits per heavy atom. The van der Waals surface area contributed by atoms with Crippen LogP contribution in [0.2, 0.25) is 0 Å². The van der Waals surface area contributed by atoms with Crippen molar-refractivity contribution in [2.75, 3.05) is 26.7 Å². The lowest BCUT2D eigenvalue weighted by atomic mass is 9.99. The van der Waals surface area contributed by atoms with E-state index in [2.05, 4.69) is 24.2 Å². The van der Waals surface area contributed by atoms with Crippen molar-refractivity contribution in [2.24, 2.45) is 5.92 Å². The molecule has 0 bridgehead atoms. The van der Waals surface area contributed by atoms with E-state index < -0.39 is 0 Å². The van der Waals surface area contributed by atoms with Crippen LogP contribution >= 0.6 is 0 Å². The van der Waals surface area contributed by atoms with Gasteiger partial charge in [-0.15, -0.1) is 0 Å². The highest BCUT2D eigenvalue weighted by atomic mass is 16.3. The summed E-state index contributed by atoms with van der Waals surface area (Å²) in [5.41, 5.74) is 0. The second kappa shape index (κ2) is 5.69. The molecule has 0 saturated carbocycles. The van der Waals surface area contributed by atoms with Crippen LogP contribution in [0.1, 0.15) is 26.7 Å². The maximum Gasteiger partial charge on any atom is 0.0524 e. The van der Waals surface area contributed by atoms with Crippen LogP contribution < -0.4 is 5.32 Å².